The summed E-state index contributed by atoms with van der Waals surface area (Å²) in [7, 11) is 0. The molecule has 0 aromatic heterocycles. The number of fused-ring (bicyclic) bond motifs is 1. The number of hydrogen-bond donors (Lipinski definition) is 1. The quantitative estimate of drug-likeness (QED) is 0.577. The van der Waals surface area contributed by atoms with Crippen LogP contribution in [0.25, 0.3) is 10.8 Å². The van der Waals surface area contributed by atoms with Crippen molar-refractivity contribution >= 4 is 10.8 Å². The van der Waals surface area contributed by atoms with Gasteiger partial charge in [-0.3, -0.25) is 0 Å². The second-order valence-electron chi connectivity index (χ2n) is 8.56. The molecule has 1 N–H and O–H groups in total. The lowest BCUT2D eigenvalue weighted by Gasteiger charge is -2.37. The Morgan fingerprint density at radius 3 is 2.42 bits per heavy atom. The zero-order chi connectivity index (χ0) is 18.6. The van der Waals surface area contributed by atoms with Crippen LogP contribution in [0, 0.1) is 22.7 Å². The highest BCUT2D eigenvalue weighted by Crippen LogP contribution is 2.38. The predicted molar refractivity (Wildman–Crippen MR) is 107 cm³/mol. The van der Waals surface area contributed by atoms with Crippen molar-refractivity contribution < 1.29 is 4.74 Å². The second-order valence-corrected chi connectivity index (χ2v) is 8.56. The van der Waals surface area contributed by atoms with Gasteiger partial charge >= 0.3 is 0 Å². The molecule has 0 bridgehead atoms. The van der Waals surface area contributed by atoms with Gasteiger partial charge in [0.15, 0.2) is 0 Å². The van der Waals surface area contributed by atoms with Crippen molar-refractivity contribution in [3.8, 4) is 11.8 Å². The summed E-state index contributed by atoms with van der Waals surface area (Å²) >= 11 is 0. The Hall–Kier alpha value is -2.05. The molecule has 2 aromatic carbocycles. The van der Waals surface area contributed by atoms with Crippen LogP contribution in [0.3, 0.4) is 0 Å². The third-order valence-electron chi connectivity index (χ3n) is 5.61. The van der Waals surface area contributed by atoms with Crippen LogP contribution < -0.4 is 10.1 Å². The first kappa shape index (κ1) is 18.7. The van der Waals surface area contributed by atoms with Crippen LogP contribution >= 0.6 is 0 Å². The van der Waals surface area contributed by atoms with Crippen molar-refractivity contribution in [3.63, 3.8) is 0 Å². The highest BCUT2D eigenvalue weighted by molar-refractivity contribution is 5.84. The van der Waals surface area contributed by atoms with E-state index in [4.69, 9.17) is 10.00 Å². The smallest absolute Gasteiger partial charge is 0.120 e. The van der Waals surface area contributed by atoms with Gasteiger partial charge in [-0.15, -0.1) is 0 Å². The lowest BCUT2D eigenvalue weighted by molar-refractivity contribution is 0.0883. The highest BCUT2D eigenvalue weighted by Gasteiger charge is 2.30. The van der Waals surface area contributed by atoms with E-state index in [2.05, 4.69) is 68.6 Å². The van der Waals surface area contributed by atoms with Crippen LogP contribution in [-0.4, -0.2) is 12.6 Å². The average Bonchev–Trinajstić information content (AvgIpc) is 2.62. The number of nitrogens with one attached hydrogen (secondary N) is 1. The van der Waals surface area contributed by atoms with Gasteiger partial charge in [-0.1, -0.05) is 39.0 Å². The van der Waals surface area contributed by atoms with Gasteiger partial charge in [0.05, 0.1) is 18.7 Å². The molecule has 2 aromatic rings. The number of hydrogen-bond acceptors (Lipinski definition) is 3. The zero-order valence-electron chi connectivity index (χ0n) is 16.2. The third-order valence-corrected chi connectivity index (χ3v) is 5.61. The van der Waals surface area contributed by atoms with Crippen LogP contribution in [-0.2, 0) is 6.54 Å². The number of nitrogens with zero attached hydrogens (tertiary/aromatic N) is 1. The number of ether oxygens (including phenoxy) is 1. The van der Waals surface area contributed by atoms with Gasteiger partial charge < -0.3 is 10.1 Å². The fourth-order valence-electron chi connectivity index (χ4n) is 3.96. The lowest BCUT2D eigenvalue weighted by Crippen LogP contribution is -2.30. The minimum absolute atomic E-state index is 0.348. The summed E-state index contributed by atoms with van der Waals surface area (Å²) in [6.45, 7) is 8.16. The molecule has 0 amide bonds. The molecular formula is C23H30N2O. The summed E-state index contributed by atoms with van der Waals surface area (Å²) in [5.41, 5.74) is 1.61. The van der Waals surface area contributed by atoms with Crippen molar-refractivity contribution in [1.82, 2.24) is 5.32 Å². The van der Waals surface area contributed by atoms with Crippen LogP contribution in [0.5, 0.6) is 5.75 Å². The topological polar surface area (TPSA) is 45.0 Å². The van der Waals surface area contributed by atoms with Crippen molar-refractivity contribution in [2.45, 2.75) is 59.1 Å². The molecule has 3 nitrogen and oxygen atoms in total. The molecule has 1 aliphatic carbocycles. The van der Waals surface area contributed by atoms with Gasteiger partial charge in [0.1, 0.15) is 5.75 Å². The molecule has 0 atom stereocenters. The molecule has 0 spiro atoms. The Balaban J connectivity index is 1.61. The molecule has 1 fully saturated rings. The largest absolute Gasteiger partial charge is 0.490 e. The first-order chi connectivity index (χ1) is 12.5. The molecule has 0 saturated heterocycles. The van der Waals surface area contributed by atoms with E-state index in [1.165, 1.54) is 29.2 Å². The lowest BCUT2D eigenvalue weighted by atomic mass is 9.72. The predicted octanol–water partition coefficient (Wildman–Crippen LogP) is 5.44. The van der Waals surface area contributed by atoms with E-state index in [1.807, 2.05) is 0 Å². The summed E-state index contributed by atoms with van der Waals surface area (Å²) in [6.07, 6.45) is 5.19. The summed E-state index contributed by atoms with van der Waals surface area (Å²) in [4.78, 5) is 0. The summed E-state index contributed by atoms with van der Waals surface area (Å²) in [6, 6.07) is 14.9. The summed E-state index contributed by atoms with van der Waals surface area (Å²) in [5, 5.41) is 14.1. The maximum atomic E-state index is 8.61. The molecule has 0 heterocycles. The van der Waals surface area contributed by atoms with Crippen LogP contribution in [0.4, 0.5) is 0 Å². The molecule has 138 valence electrons. The molecule has 0 aliphatic heterocycles. The first-order valence-corrected chi connectivity index (χ1v) is 9.73. The molecule has 26 heavy (non-hydrogen) atoms. The van der Waals surface area contributed by atoms with Gasteiger partial charge in [0.2, 0.25) is 0 Å². The van der Waals surface area contributed by atoms with E-state index in [0.29, 0.717) is 18.1 Å². The minimum Gasteiger partial charge on any atom is -0.490 e. The normalized spacial score (nSPS) is 20.7. The highest BCUT2D eigenvalue weighted by atomic mass is 16.5. The Bertz CT molecular complexity index is 777. The second kappa shape index (κ2) is 8.10. The van der Waals surface area contributed by atoms with Crippen LogP contribution in [0.2, 0.25) is 0 Å². The van der Waals surface area contributed by atoms with E-state index in [0.717, 1.165) is 31.1 Å². The molecular weight excluding hydrogens is 320 g/mol. The van der Waals surface area contributed by atoms with Crippen LogP contribution in [0.15, 0.2) is 36.4 Å². The molecule has 3 heteroatoms. The minimum atomic E-state index is 0.348. The van der Waals surface area contributed by atoms with Gasteiger partial charge in [0, 0.05) is 6.54 Å². The molecule has 0 unspecified atom stereocenters. The van der Waals surface area contributed by atoms with Crippen molar-refractivity contribution in [2.24, 2.45) is 11.3 Å². The van der Waals surface area contributed by atoms with Crippen molar-refractivity contribution in [2.75, 3.05) is 6.54 Å². The van der Waals surface area contributed by atoms with E-state index < -0.39 is 0 Å². The van der Waals surface area contributed by atoms with Crippen molar-refractivity contribution in [3.05, 3.63) is 42.0 Å². The van der Waals surface area contributed by atoms with Gasteiger partial charge in [-0.2, -0.15) is 5.26 Å². The third kappa shape index (κ3) is 4.77. The number of nitriles is 1. The first-order valence-electron chi connectivity index (χ1n) is 9.73. The monoisotopic (exact) mass is 350 g/mol. The maximum absolute atomic E-state index is 8.61. The van der Waals surface area contributed by atoms with Crippen molar-refractivity contribution in [1.29, 1.82) is 5.26 Å². The molecule has 1 saturated carbocycles. The van der Waals surface area contributed by atoms with Crippen LogP contribution in [0.1, 0.15) is 52.0 Å². The number of benzene rings is 2. The van der Waals surface area contributed by atoms with Gasteiger partial charge in [-0.25, -0.2) is 0 Å². The van der Waals surface area contributed by atoms with Gasteiger partial charge in [0.25, 0.3) is 0 Å². The Labute approximate surface area is 157 Å². The van der Waals surface area contributed by atoms with E-state index in [-0.39, 0.29) is 0 Å². The molecule has 0 radical (unpaired) electrons. The average molecular weight is 351 g/mol. The molecule has 3 rings (SSSR count). The molecule has 1 aliphatic rings. The summed E-state index contributed by atoms with van der Waals surface area (Å²) in [5.74, 6) is 1.79. The Kier molecular flexibility index (Phi) is 5.84. The SMILES string of the molecule is CC(C)(C)C1CCC(Oc2ccc3cc(CNCC#N)ccc3c2)CC1. The van der Waals surface area contributed by atoms with E-state index in [9.17, 15) is 0 Å². The Morgan fingerprint density at radius 2 is 1.73 bits per heavy atom. The number of rotatable bonds is 5. The van der Waals surface area contributed by atoms with Gasteiger partial charge in [-0.05, 0) is 71.6 Å². The standard InChI is InChI=1S/C23H30N2O/c1-23(2,3)20-7-10-21(11-8-20)26-22-9-6-18-14-17(16-25-13-12-24)4-5-19(18)15-22/h4-6,9,14-15,20-21,25H,7-8,10-11,13,16H2,1-3H3. The maximum Gasteiger partial charge on any atom is 0.120 e. The summed E-state index contributed by atoms with van der Waals surface area (Å²) < 4.78 is 6.29. The zero-order valence-corrected chi connectivity index (χ0v) is 16.2. The van der Waals surface area contributed by atoms with E-state index >= 15 is 0 Å². The fraction of sp³-hybridized carbons (Fsp3) is 0.522. The fourth-order valence-corrected chi connectivity index (χ4v) is 3.96. The Morgan fingerprint density at radius 1 is 1.04 bits per heavy atom. The van der Waals surface area contributed by atoms with E-state index in [1.54, 1.807) is 0 Å².